The molecule has 0 saturated heterocycles. The molecule has 2 aromatic carbocycles. The van der Waals surface area contributed by atoms with Gasteiger partial charge in [-0.1, -0.05) is 48.2 Å². The number of anilines is 1. The van der Waals surface area contributed by atoms with E-state index in [0.29, 0.717) is 17.7 Å². The van der Waals surface area contributed by atoms with E-state index in [1.165, 1.54) is 11.8 Å². The van der Waals surface area contributed by atoms with Gasteiger partial charge in [-0.2, -0.15) is 5.10 Å². The molecule has 2 aliphatic carbocycles. The van der Waals surface area contributed by atoms with Crippen LogP contribution < -0.4 is 5.32 Å². The maximum Gasteiger partial charge on any atom is 0.236 e. The molecule has 0 bridgehead atoms. The first-order chi connectivity index (χ1) is 16.3. The Balaban J connectivity index is 1.21. The highest BCUT2D eigenvalue weighted by atomic mass is 32.2. The monoisotopic (exact) mass is 456 g/mol. The Kier molecular flexibility index (Phi) is 5.22. The minimum Gasteiger partial charge on any atom is -0.310 e. The quantitative estimate of drug-likeness (QED) is 0.380. The summed E-state index contributed by atoms with van der Waals surface area (Å²) in [7, 11) is 0. The molecule has 2 aliphatic rings. The van der Waals surface area contributed by atoms with Crippen LogP contribution in [0, 0.1) is 0 Å². The van der Waals surface area contributed by atoms with Crippen LogP contribution in [0.5, 0.6) is 0 Å². The Morgan fingerprint density at radius 1 is 0.909 bits per heavy atom. The van der Waals surface area contributed by atoms with E-state index in [-0.39, 0.29) is 11.7 Å². The van der Waals surface area contributed by atoms with Crippen molar-refractivity contribution >= 4 is 23.5 Å². The summed E-state index contributed by atoms with van der Waals surface area (Å²) >= 11 is 1.41. The number of amides is 1. The van der Waals surface area contributed by atoms with Gasteiger partial charge in [-0.25, -0.2) is 4.68 Å². The molecule has 0 spiro atoms. The van der Waals surface area contributed by atoms with Crippen LogP contribution in [0.1, 0.15) is 49.0 Å². The summed E-state index contributed by atoms with van der Waals surface area (Å²) in [6.45, 7) is 0. The third-order valence-electron chi connectivity index (χ3n) is 5.94. The first-order valence-corrected chi connectivity index (χ1v) is 12.3. The van der Waals surface area contributed by atoms with Gasteiger partial charge in [0.1, 0.15) is 11.6 Å². The number of aromatic nitrogens is 5. The molecular weight excluding hydrogens is 432 g/mol. The predicted octanol–water partition coefficient (Wildman–Crippen LogP) is 4.94. The number of hydrogen-bond acceptors (Lipinski definition) is 5. The Bertz CT molecular complexity index is 1270. The van der Waals surface area contributed by atoms with Gasteiger partial charge in [0.15, 0.2) is 5.16 Å². The van der Waals surface area contributed by atoms with Crippen LogP contribution in [-0.2, 0) is 4.79 Å². The Morgan fingerprint density at radius 2 is 1.58 bits per heavy atom. The molecule has 6 rings (SSSR count). The van der Waals surface area contributed by atoms with Crippen molar-refractivity contribution in [3.8, 4) is 11.4 Å². The molecule has 0 unspecified atom stereocenters. The molecule has 4 aromatic rings. The van der Waals surface area contributed by atoms with Gasteiger partial charge < -0.3 is 5.32 Å². The molecule has 2 saturated carbocycles. The van der Waals surface area contributed by atoms with E-state index in [1.807, 2.05) is 59.3 Å². The lowest BCUT2D eigenvalue weighted by Gasteiger charge is -2.10. The lowest BCUT2D eigenvalue weighted by atomic mass is 10.3. The molecule has 0 aliphatic heterocycles. The van der Waals surface area contributed by atoms with E-state index in [2.05, 4.69) is 32.2 Å². The van der Waals surface area contributed by atoms with Gasteiger partial charge in [-0.15, -0.1) is 10.2 Å². The van der Waals surface area contributed by atoms with Crippen LogP contribution in [0.3, 0.4) is 0 Å². The molecule has 2 aromatic heterocycles. The van der Waals surface area contributed by atoms with Crippen molar-refractivity contribution in [2.45, 2.75) is 42.7 Å². The molecule has 2 fully saturated rings. The largest absolute Gasteiger partial charge is 0.310 e. The van der Waals surface area contributed by atoms with Crippen molar-refractivity contribution in [1.82, 2.24) is 24.5 Å². The SMILES string of the molecule is O=C(CSc1nnc(C2CC2)n1-c1ccccc1)Nc1cc(C2CC2)nn1-c1ccccc1. The summed E-state index contributed by atoms with van der Waals surface area (Å²) in [5, 5.41) is 17.4. The van der Waals surface area contributed by atoms with Crippen LogP contribution in [-0.4, -0.2) is 36.2 Å². The number of benzene rings is 2. The number of carbonyl (C=O) groups is 1. The van der Waals surface area contributed by atoms with Crippen molar-refractivity contribution in [1.29, 1.82) is 0 Å². The van der Waals surface area contributed by atoms with E-state index in [1.54, 1.807) is 0 Å². The summed E-state index contributed by atoms with van der Waals surface area (Å²) in [5.74, 6) is 2.81. The maximum absolute atomic E-state index is 12.9. The number of carbonyl (C=O) groups excluding carboxylic acids is 1. The van der Waals surface area contributed by atoms with E-state index >= 15 is 0 Å². The first-order valence-electron chi connectivity index (χ1n) is 11.3. The number of nitrogens with zero attached hydrogens (tertiary/aromatic N) is 5. The number of nitrogens with one attached hydrogen (secondary N) is 1. The fraction of sp³-hybridized carbons (Fsp3) is 0.280. The van der Waals surface area contributed by atoms with Crippen molar-refractivity contribution in [3.63, 3.8) is 0 Å². The van der Waals surface area contributed by atoms with E-state index < -0.39 is 0 Å². The van der Waals surface area contributed by atoms with Crippen LogP contribution >= 0.6 is 11.8 Å². The summed E-state index contributed by atoms with van der Waals surface area (Å²) in [5.41, 5.74) is 3.01. The van der Waals surface area contributed by atoms with Crippen molar-refractivity contribution in [2.24, 2.45) is 0 Å². The number of thioether (sulfide) groups is 1. The number of para-hydroxylation sites is 2. The smallest absolute Gasteiger partial charge is 0.236 e. The predicted molar refractivity (Wildman–Crippen MR) is 128 cm³/mol. The van der Waals surface area contributed by atoms with Crippen LogP contribution in [0.25, 0.3) is 11.4 Å². The van der Waals surface area contributed by atoms with Gasteiger partial charge in [0.2, 0.25) is 5.91 Å². The van der Waals surface area contributed by atoms with Gasteiger partial charge in [-0.3, -0.25) is 9.36 Å². The molecule has 0 atom stereocenters. The summed E-state index contributed by atoms with van der Waals surface area (Å²) in [6.07, 6.45) is 4.60. The highest BCUT2D eigenvalue weighted by Crippen LogP contribution is 2.42. The molecule has 1 amide bonds. The number of rotatable bonds is 8. The van der Waals surface area contributed by atoms with Crippen molar-refractivity contribution < 1.29 is 4.79 Å². The van der Waals surface area contributed by atoms with Gasteiger partial charge in [0.05, 0.1) is 17.1 Å². The first kappa shape index (κ1) is 20.2. The topological polar surface area (TPSA) is 77.6 Å². The molecule has 7 nitrogen and oxygen atoms in total. The van der Waals surface area contributed by atoms with Crippen LogP contribution in [0.15, 0.2) is 71.9 Å². The van der Waals surface area contributed by atoms with Crippen LogP contribution in [0.2, 0.25) is 0 Å². The second kappa shape index (κ2) is 8.51. The Hall–Kier alpha value is -3.39. The Morgan fingerprint density at radius 3 is 2.24 bits per heavy atom. The van der Waals surface area contributed by atoms with Gasteiger partial charge >= 0.3 is 0 Å². The zero-order valence-electron chi connectivity index (χ0n) is 18.1. The van der Waals surface area contributed by atoms with Gasteiger partial charge in [-0.05, 0) is 49.9 Å². The zero-order valence-corrected chi connectivity index (χ0v) is 18.9. The molecular formula is C25H24N6OS. The summed E-state index contributed by atoms with van der Waals surface area (Å²) < 4.78 is 3.92. The van der Waals surface area contributed by atoms with E-state index in [4.69, 9.17) is 5.10 Å². The fourth-order valence-electron chi connectivity index (χ4n) is 3.94. The summed E-state index contributed by atoms with van der Waals surface area (Å²) in [4.78, 5) is 12.9. The minimum absolute atomic E-state index is 0.0880. The fourth-order valence-corrected chi connectivity index (χ4v) is 4.70. The third kappa shape index (κ3) is 4.30. The highest BCUT2D eigenvalue weighted by molar-refractivity contribution is 7.99. The standard InChI is InChI=1S/C25H24N6OS/c32-23(26-22-15-21(17-11-12-17)29-31(22)20-9-5-2-6-10-20)16-33-25-28-27-24(18-13-14-18)30(25)19-7-3-1-4-8-19/h1-10,15,17-18H,11-14,16H2,(H,26,32). The lowest BCUT2D eigenvalue weighted by molar-refractivity contribution is -0.113. The third-order valence-corrected chi connectivity index (χ3v) is 6.87. The molecule has 1 N–H and O–H groups in total. The molecule has 2 heterocycles. The highest BCUT2D eigenvalue weighted by Gasteiger charge is 2.31. The maximum atomic E-state index is 12.9. The van der Waals surface area contributed by atoms with Crippen molar-refractivity contribution in [3.05, 3.63) is 78.2 Å². The van der Waals surface area contributed by atoms with E-state index in [0.717, 1.165) is 53.7 Å². The molecule has 8 heteroatoms. The molecule has 33 heavy (non-hydrogen) atoms. The van der Waals surface area contributed by atoms with Crippen LogP contribution in [0.4, 0.5) is 5.82 Å². The average molecular weight is 457 g/mol. The number of hydrogen-bond donors (Lipinski definition) is 1. The van der Waals surface area contributed by atoms with E-state index in [9.17, 15) is 4.79 Å². The minimum atomic E-state index is -0.0880. The van der Waals surface area contributed by atoms with Gasteiger partial charge in [0.25, 0.3) is 0 Å². The van der Waals surface area contributed by atoms with Gasteiger partial charge in [0, 0.05) is 23.6 Å². The zero-order chi connectivity index (χ0) is 22.2. The second-order valence-electron chi connectivity index (χ2n) is 8.60. The summed E-state index contributed by atoms with van der Waals surface area (Å²) in [6, 6.07) is 22.0. The lowest BCUT2D eigenvalue weighted by Crippen LogP contribution is -2.17. The Labute approximate surface area is 196 Å². The molecule has 166 valence electrons. The van der Waals surface area contributed by atoms with Crippen molar-refractivity contribution in [2.75, 3.05) is 11.1 Å². The molecule has 0 radical (unpaired) electrons. The average Bonchev–Trinajstić information content (AvgIpc) is 3.79. The normalized spacial score (nSPS) is 15.5. The second-order valence-corrected chi connectivity index (χ2v) is 9.54.